The number of ether oxygens (including phenoxy) is 2. The largest absolute Gasteiger partial charge is 0.586 e. The van der Waals surface area contributed by atoms with Gasteiger partial charge >= 0.3 is 6.29 Å². The van der Waals surface area contributed by atoms with Gasteiger partial charge in [0.25, 0.3) is 0 Å². The minimum absolute atomic E-state index is 0.0593. The first-order valence-corrected chi connectivity index (χ1v) is 5.24. The SMILES string of the molecule is CCC(C)(C)c1ccc2c(c1)OC(F)(F)O2. The van der Waals surface area contributed by atoms with Crippen molar-refractivity contribution in [2.75, 3.05) is 0 Å². The molecule has 16 heavy (non-hydrogen) atoms. The Bertz CT molecular complexity index is 413. The minimum atomic E-state index is -3.53. The summed E-state index contributed by atoms with van der Waals surface area (Å²) in [5, 5.41) is 0. The van der Waals surface area contributed by atoms with Crippen molar-refractivity contribution in [3.63, 3.8) is 0 Å². The molecule has 0 saturated heterocycles. The van der Waals surface area contributed by atoms with Gasteiger partial charge in [-0.15, -0.1) is 8.78 Å². The molecule has 0 atom stereocenters. The molecule has 0 aliphatic carbocycles. The first-order valence-electron chi connectivity index (χ1n) is 5.24. The van der Waals surface area contributed by atoms with Crippen LogP contribution in [-0.4, -0.2) is 6.29 Å². The maximum absolute atomic E-state index is 12.8. The second kappa shape index (κ2) is 3.34. The van der Waals surface area contributed by atoms with E-state index >= 15 is 0 Å². The van der Waals surface area contributed by atoms with Crippen LogP contribution in [0, 0.1) is 0 Å². The maximum Gasteiger partial charge on any atom is 0.586 e. The third-order valence-corrected chi connectivity index (χ3v) is 3.07. The maximum atomic E-state index is 12.8. The van der Waals surface area contributed by atoms with Crippen molar-refractivity contribution in [2.24, 2.45) is 0 Å². The van der Waals surface area contributed by atoms with E-state index in [9.17, 15) is 8.78 Å². The highest BCUT2D eigenvalue weighted by Gasteiger charge is 2.43. The smallest absolute Gasteiger partial charge is 0.395 e. The van der Waals surface area contributed by atoms with Gasteiger partial charge in [0.15, 0.2) is 11.5 Å². The molecule has 2 rings (SSSR count). The number of fused-ring (bicyclic) bond motifs is 1. The third kappa shape index (κ3) is 1.84. The molecule has 1 aromatic rings. The predicted octanol–water partition coefficient (Wildman–Crippen LogP) is 3.70. The van der Waals surface area contributed by atoms with E-state index in [4.69, 9.17) is 0 Å². The standard InChI is InChI=1S/C12H14F2O2/c1-4-11(2,3)8-5-6-9-10(7-8)16-12(13,14)15-9/h5-7H,4H2,1-3H3. The first-order chi connectivity index (χ1) is 7.34. The fraction of sp³-hybridized carbons (Fsp3) is 0.500. The second-order valence-corrected chi connectivity index (χ2v) is 4.57. The van der Waals surface area contributed by atoms with Crippen molar-refractivity contribution >= 4 is 0 Å². The van der Waals surface area contributed by atoms with Crippen molar-refractivity contribution in [1.29, 1.82) is 0 Å². The summed E-state index contributed by atoms with van der Waals surface area (Å²) in [6.07, 6.45) is -2.61. The molecular formula is C12H14F2O2. The van der Waals surface area contributed by atoms with Crippen molar-refractivity contribution in [1.82, 2.24) is 0 Å². The Balaban J connectivity index is 2.36. The number of halogens is 2. The van der Waals surface area contributed by atoms with E-state index in [1.165, 1.54) is 6.07 Å². The van der Waals surface area contributed by atoms with E-state index in [1.54, 1.807) is 12.1 Å². The lowest BCUT2D eigenvalue weighted by molar-refractivity contribution is -0.286. The Morgan fingerprint density at radius 3 is 2.44 bits per heavy atom. The number of alkyl halides is 2. The molecule has 0 fully saturated rings. The first kappa shape index (κ1) is 11.2. The lowest BCUT2D eigenvalue weighted by Crippen LogP contribution is -2.26. The van der Waals surface area contributed by atoms with E-state index in [0.717, 1.165) is 12.0 Å². The average molecular weight is 228 g/mol. The summed E-state index contributed by atoms with van der Waals surface area (Å²) >= 11 is 0. The van der Waals surface area contributed by atoms with Crippen molar-refractivity contribution in [3.05, 3.63) is 23.8 Å². The Morgan fingerprint density at radius 2 is 1.81 bits per heavy atom. The van der Waals surface area contributed by atoms with Crippen LogP contribution in [0.1, 0.15) is 32.8 Å². The van der Waals surface area contributed by atoms with Crippen molar-refractivity contribution in [2.45, 2.75) is 38.9 Å². The molecule has 0 amide bonds. The molecule has 0 N–H and O–H groups in total. The topological polar surface area (TPSA) is 18.5 Å². The van der Waals surface area contributed by atoms with E-state index < -0.39 is 6.29 Å². The van der Waals surface area contributed by atoms with Crippen molar-refractivity contribution < 1.29 is 18.3 Å². The molecule has 88 valence electrons. The highest BCUT2D eigenvalue weighted by Crippen LogP contribution is 2.43. The van der Waals surface area contributed by atoms with E-state index in [0.29, 0.717) is 0 Å². The molecule has 2 nitrogen and oxygen atoms in total. The van der Waals surface area contributed by atoms with Gasteiger partial charge in [0, 0.05) is 0 Å². The molecule has 0 spiro atoms. The van der Waals surface area contributed by atoms with Gasteiger partial charge in [0.1, 0.15) is 0 Å². The van der Waals surface area contributed by atoms with Gasteiger partial charge in [-0.3, -0.25) is 0 Å². The molecule has 0 saturated carbocycles. The molecule has 0 bridgehead atoms. The summed E-state index contributed by atoms with van der Waals surface area (Å²) in [6.45, 7) is 6.17. The van der Waals surface area contributed by atoms with Crippen LogP contribution in [0.15, 0.2) is 18.2 Å². The van der Waals surface area contributed by atoms with Crippen LogP contribution in [-0.2, 0) is 5.41 Å². The zero-order valence-corrected chi connectivity index (χ0v) is 9.51. The van der Waals surface area contributed by atoms with Gasteiger partial charge in [-0.25, -0.2) is 0 Å². The van der Waals surface area contributed by atoms with E-state index in [2.05, 4.69) is 30.2 Å². The quantitative estimate of drug-likeness (QED) is 0.768. The highest BCUT2D eigenvalue weighted by molar-refractivity contribution is 5.46. The summed E-state index contributed by atoms with van der Waals surface area (Å²) in [5.74, 6) is 0.213. The number of hydrogen-bond donors (Lipinski definition) is 0. The Labute approximate surface area is 93.2 Å². The second-order valence-electron chi connectivity index (χ2n) is 4.57. The summed E-state index contributed by atoms with van der Waals surface area (Å²) in [5.41, 5.74) is 0.908. The zero-order valence-electron chi connectivity index (χ0n) is 9.51. The molecule has 1 aliphatic rings. The summed E-state index contributed by atoms with van der Waals surface area (Å²) in [6, 6.07) is 4.95. The van der Waals surface area contributed by atoms with Crippen LogP contribution in [0.25, 0.3) is 0 Å². The summed E-state index contributed by atoms with van der Waals surface area (Å²) in [7, 11) is 0. The lowest BCUT2D eigenvalue weighted by Gasteiger charge is -2.23. The fourth-order valence-corrected chi connectivity index (χ4v) is 1.57. The molecule has 1 aliphatic heterocycles. The molecule has 4 heteroatoms. The van der Waals surface area contributed by atoms with E-state index in [-0.39, 0.29) is 16.9 Å². The summed E-state index contributed by atoms with van der Waals surface area (Å²) in [4.78, 5) is 0. The highest BCUT2D eigenvalue weighted by atomic mass is 19.3. The predicted molar refractivity (Wildman–Crippen MR) is 56.0 cm³/mol. The molecule has 1 aromatic carbocycles. The van der Waals surface area contributed by atoms with Gasteiger partial charge in [0.05, 0.1) is 0 Å². The molecular weight excluding hydrogens is 214 g/mol. The van der Waals surface area contributed by atoms with Gasteiger partial charge in [0.2, 0.25) is 0 Å². The molecule has 0 radical (unpaired) electrons. The fourth-order valence-electron chi connectivity index (χ4n) is 1.57. The molecule has 1 heterocycles. The zero-order chi connectivity index (χ0) is 12.0. The van der Waals surface area contributed by atoms with E-state index in [1.807, 2.05) is 0 Å². The molecule has 0 unspecified atom stereocenters. The average Bonchev–Trinajstić information content (AvgIpc) is 2.50. The van der Waals surface area contributed by atoms with Crippen LogP contribution in [0.2, 0.25) is 0 Å². The monoisotopic (exact) mass is 228 g/mol. The number of hydrogen-bond acceptors (Lipinski definition) is 2. The Hall–Kier alpha value is -1.32. The van der Waals surface area contributed by atoms with Crippen LogP contribution in [0.3, 0.4) is 0 Å². The van der Waals surface area contributed by atoms with Crippen molar-refractivity contribution in [3.8, 4) is 11.5 Å². The van der Waals surface area contributed by atoms with Gasteiger partial charge < -0.3 is 9.47 Å². The van der Waals surface area contributed by atoms with Gasteiger partial charge in [-0.2, -0.15) is 0 Å². The lowest BCUT2D eigenvalue weighted by atomic mass is 9.82. The summed E-state index contributed by atoms with van der Waals surface area (Å²) < 4.78 is 34.4. The van der Waals surface area contributed by atoms with Gasteiger partial charge in [-0.1, -0.05) is 26.8 Å². The normalized spacial score (nSPS) is 17.6. The van der Waals surface area contributed by atoms with Crippen LogP contribution < -0.4 is 9.47 Å². The molecule has 0 aromatic heterocycles. The third-order valence-electron chi connectivity index (χ3n) is 3.07. The van der Waals surface area contributed by atoms with Crippen LogP contribution in [0.4, 0.5) is 8.78 Å². The number of benzene rings is 1. The Kier molecular flexibility index (Phi) is 2.33. The van der Waals surface area contributed by atoms with Crippen LogP contribution >= 0.6 is 0 Å². The Morgan fingerprint density at radius 1 is 1.19 bits per heavy atom. The van der Waals surface area contributed by atoms with Gasteiger partial charge in [-0.05, 0) is 29.5 Å². The van der Waals surface area contributed by atoms with Crippen LogP contribution in [0.5, 0.6) is 11.5 Å². The number of rotatable bonds is 2. The minimum Gasteiger partial charge on any atom is -0.395 e.